The molecule has 0 bridgehead atoms. The minimum atomic E-state index is -0.863. The molecule has 0 saturated carbocycles. The predicted molar refractivity (Wildman–Crippen MR) is 57.6 cm³/mol. The SMILES string of the molecule is Cc1ccc(CNC(C)(C)C(=O)O)s1. The van der Waals surface area contributed by atoms with Gasteiger partial charge in [-0.1, -0.05) is 0 Å². The van der Waals surface area contributed by atoms with Crippen LogP contribution in [0.15, 0.2) is 12.1 Å². The van der Waals surface area contributed by atoms with Crippen molar-refractivity contribution in [2.75, 3.05) is 0 Å². The summed E-state index contributed by atoms with van der Waals surface area (Å²) in [6.07, 6.45) is 0. The van der Waals surface area contributed by atoms with Crippen LogP contribution in [0, 0.1) is 6.92 Å². The Balaban J connectivity index is 2.52. The third-order valence-corrected chi connectivity index (χ3v) is 3.04. The smallest absolute Gasteiger partial charge is 0.323 e. The molecule has 0 atom stereocenters. The van der Waals surface area contributed by atoms with Crippen LogP contribution in [0.4, 0.5) is 0 Å². The van der Waals surface area contributed by atoms with E-state index in [4.69, 9.17) is 5.11 Å². The lowest BCUT2D eigenvalue weighted by atomic mass is 10.1. The third-order valence-electron chi connectivity index (χ3n) is 2.04. The monoisotopic (exact) mass is 213 g/mol. The number of rotatable bonds is 4. The van der Waals surface area contributed by atoms with Crippen LogP contribution in [0.25, 0.3) is 0 Å². The summed E-state index contributed by atoms with van der Waals surface area (Å²) in [6, 6.07) is 4.06. The molecule has 14 heavy (non-hydrogen) atoms. The molecule has 1 aromatic heterocycles. The van der Waals surface area contributed by atoms with Crippen molar-refractivity contribution in [2.24, 2.45) is 0 Å². The summed E-state index contributed by atoms with van der Waals surface area (Å²) in [5, 5.41) is 11.9. The molecule has 0 aromatic carbocycles. The van der Waals surface area contributed by atoms with Crippen molar-refractivity contribution in [3.05, 3.63) is 21.9 Å². The molecular formula is C10H15NO2S. The van der Waals surface area contributed by atoms with E-state index < -0.39 is 11.5 Å². The Bertz CT molecular complexity index is 331. The topological polar surface area (TPSA) is 49.3 Å². The van der Waals surface area contributed by atoms with Gasteiger partial charge in [-0.25, -0.2) is 0 Å². The highest BCUT2D eigenvalue weighted by Gasteiger charge is 2.25. The first kappa shape index (κ1) is 11.2. The van der Waals surface area contributed by atoms with Crippen LogP contribution < -0.4 is 5.32 Å². The van der Waals surface area contributed by atoms with Gasteiger partial charge in [-0.15, -0.1) is 11.3 Å². The lowest BCUT2D eigenvalue weighted by Gasteiger charge is -2.20. The first-order chi connectivity index (χ1) is 6.42. The van der Waals surface area contributed by atoms with E-state index in [1.54, 1.807) is 25.2 Å². The van der Waals surface area contributed by atoms with Crippen LogP contribution in [0.3, 0.4) is 0 Å². The molecule has 1 heterocycles. The van der Waals surface area contributed by atoms with Gasteiger partial charge in [0, 0.05) is 16.3 Å². The van der Waals surface area contributed by atoms with Crippen molar-refractivity contribution in [1.29, 1.82) is 0 Å². The minimum absolute atomic E-state index is 0.609. The first-order valence-electron chi connectivity index (χ1n) is 4.45. The van der Waals surface area contributed by atoms with E-state index in [-0.39, 0.29) is 0 Å². The molecule has 0 amide bonds. The Kier molecular flexibility index (Phi) is 3.29. The van der Waals surface area contributed by atoms with Gasteiger partial charge in [-0.3, -0.25) is 10.1 Å². The maximum Gasteiger partial charge on any atom is 0.323 e. The molecule has 0 saturated heterocycles. The zero-order valence-corrected chi connectivity index (χ0v) is 9.44. The molecule has 78 valence electrons. The molecule has 0 radical (unpaired) electrons. The highest BCUT2D eigenvalue weighted by Crippen LogP contribution is 2.15. The molecule has 0 aliphatic rings. The Hall–Kier alpha value is -0.870. The minimum Gasteiger partial charge on any atom is -0.480 e. The average Bonchev–Trinajstić information content (AvgIpc) is 2.48. The Morgan fingerprint density at radius 2 is 2.21 bits per heavy atom. The van der Waals surface area contributed by atoms with Gasteiger partial charge in [0.15, 0.2) is 0 Å². The van der Waals surface area contributed by atoms with Gasteiger partial charge < -0.3 is 5.11 Å². The first-order valence-corrected chi connectivity index (χ1v) is 5.27. The van der Waals surface area contributed by atoms with Crippen molar-refractivity contribution in [2.45, 2.75) is 32.9 Å². The number of carboxylic acids is 1. The van der Waals surface area contributed by atoms with E-state index in [9.17, 15) is 4.79 Å². The van der Waals surface area contributed by atoms with E-state index in [0.717, 1.165) is 4.88 Å². The van der Waals surface area contributed by atoms with Crippen LogP contribution in [-0.2, 0) is 11.3 Å². The zero-order chi connectivity index (χ0) is 10.8. The molecule has 0 spiro atoms. The summed E-state index contributed by atoms with van der Waals surface area (Å²) in [5.41, 5.74) is -0.863. The molecule has 0 unspecified atom stereocenters. The van der Waals surface area contributed by atoms with Crippen molar-refractivity contribution in [1.82, 2.24) is 5.32 Å². The number of hydrogen-bond donors (Lipinski definition) is 2. The fraction of sp³-hybridized carbons (Fsp3) is 0.500. The third kappa shape index (κ3) is 2.82. The number of carbonyl (C=O) groups is 1. The van der Waals surface area contributed by atoms with Crippen molar-refractivity contribution >= 4 is 17.3 Å². The van der Waals surface area contributed by atoms with E-state index >= 15 is 0 Å². The summed E-state index contributed by atoms with van der Waals surface area (Å²) in [7, 11) is 0. The second-order valence-corrected chi connectivity index (χ2v) is 5.17. The highest BCUT2D eigenvalue weighted by molar-refractivity contribution is 7.11. The van der Waals surface area contributed by atoms with Crippen LogP contribution >= 0.6 is 11.3 Å². The molecule has 1 aromatic rings. The van der Waals surface area contributed by atoms with Crippen molar-refractivity contribution in [3.8, 4) is 0 Å². The average molecular weight is 213 g/mol. The maximum absolute atomic E-state index is 10.8. The Labute approximate surface area is 87.8 Å². The molecule has 2 N–H and O–H groups in total. The van der Waals surface area contributed by atoms with Crippen LogP contribution in [0.5, 0.6) is 0 Å². The number of thiophene rings is 1. The fourth-order valence-corrected chi connectivity index (χ4v) is 1.79. The summed E-state index contributed by atoms with van der Waals surface area (Å²) in [5.74, 6) is -0.828. The summed E-state index contributed by atoms with van der Waals surface area (Å²) in [6.45, 7) is 5.97. The van der Waals surface area contributed by atoms with Gasteiger partial charge >= 0.3 is 5.97 Å². The molecule has 3 nitrogen and oxygen atoms in total. The van der Waals surface area contributed by atoms with E-state index in [0.29, 0.717) is 6.54 Å². The van der Waals surface area contributed by atoms with Crippen LogP contribution in [0.2, 0.25) is 0 Å². The second-order valence-electron chi connectivity index (χ2n) is 3.80. The second kappa shape index (κ2) is 4.11. The van der Waals surface area contributed by atoms with Gasteiger partial charge in [0.2, 0.25) is 0 Å². The number of hydrogen-bond acceptors (Lipinski definition) is 3. The van der Waals surface area contributed by atoms with E-state index in [2.05, 4.69) is 5.32 Å². The van der Waals surface area contributed by atoms with Crippen LogP contribution in [0.1, 0.15) is 23.6 Å². The Morgan fingerprint density at radius 1 is 1.57 bits per heavy atom. The summed E-state index contributed by atoms with van der Waals surface area (Å²) < 4.78 is 0. The lowest BCUT2D eigenvalue weighted by Crippen LogP contribution is -2.45. The maximum atomic E-state index is 10.8. The van der Waals surface area contributed by atoms with E-state index in [1.807, 2.05) is 19.1 Å². The van der Waals surface area contributed by atoms with Gasteiger partial charge in [0.25, 0.3) is 0 Å². The normalized spacial score (nSPS) is 11.6. The van der Waals surface area contributed by atoms with Gasteiger partial charge in [-0.05, 0) is 32.9 Å². The van der Waals surface area contributed by atoms with E-state index in [1.165, 1.54) is 4.88 Å². The summed E-state index contributed by atoms with van der Waals surface area (Å²) in [4.78, 5) is 13.2. The zero-order valence-electron chi connectivity index (χ0n) is 8.63. The highest BCUT2D eigenvalue weighted by atomic mass is 32.1. The van der Waals surface area contributed by atoms with Crippen LogP contribution in [-0.4, -0.2) is 16.6 Å². The molecular weight excluding hydrogens is 198 g/mol. The standard InChI is InChI=1S/C10H15NO2S/c1-7-4-5-8(14-7)6-11-10(2,3)9(12)13/h4-5,11H,6H2,1-3H3,(H,12,13). The molecule has 0 aliphatic heterocycles. The fourth-order valence-electron chi connectivity index (χ4n) is 0.964. The quantitative estimate of drug-likeness (QED) is 0.804. The largest absolute Gasteiger partial charge is 0.480 e. The predicted octanol–water partition coefficient (Wildman–Crippen LogP) is 2.01. The van der Waals surface area contributed by atoms with Gasteiger partial charge in [-0.2, -0.15) is 0 Å². The summed E-state index contributed by atoms with van der Waals surface area (Å²) >= 11 is 1.68. The number of aryl methyl sites for hydroxylation is 1. The number of carboxylic acid groups (broad SMARTS) is 1. The molecule has 0 aliphatic carbocycles. The Morgan fingerprint density at radius 3 is 2.64 bits per heavy atom. The molecule has 1 rings (SSSR count). The molecule has 0 fully saturated rings. The number of nitrogens with one attached hydrogen (secondary N) is 1. The number of aliphatic carboxylic acids is 1. The van der Waals surface area contributed by atoms with Crippen molar-refractivity contribution in [3.63, 3.8) is 0 Å². The lowest BCUT2D eigenvalue weighted by molar-refractivity contribution is -0.143. The van der Waals surface area contributed by atoms with Crippen molar-refractivity contribution < 1.29 is 9.90 Å². The molecule has 4 heteroatoms. The van der Waals surface area contributed by atoms with Gasteiger partial charge in [0.1, 0.15) is 5.54 Å². The van der Waals surface area contributed by atoms with Gasteiger partial charge in [0.05, 0.1) is 0 Å².